The van der Waals surface area contributed by atoms with Gasteiger partial charge < -0.3 is 10.3 Å². The Balaban J connectivity index is 1.78. The van der Waals surface area contributed by atoms with Crippen molar-refractivity contribution in [2.24, 2.45) is 0 Å². The Morgan fingerprint density at radius 3 is 2.50 bits per heavy atom. The van der Waals surface area contributed by atoms with Crippen LogP contribution in [-0.4, -0.2) is 15.9 Å². The van der Waals surface area contributed by atoms with Crippen LogP contribution in [0.1, 0.15) is 21.7 Å². The van der Waals surface area contributed by atoms with Crippen LogP contribution in [0.3, 0.4) is 0 Å². The van der Waals surface area contributed by atoms with Gasteiger partial charge in [0.2, 0.25) is 0 Å². The van der Waals surface area contributed by atoms with Gasteiger partial charge in [-0.3, -0.25) is 4.79 Å². The maximum Gasteiger partial charge on any atom is 0.255 e. The molecule has 1 amide bonds. The van der Waals surface area contributed by atoms with Crippen molar-refractivity contribution in [2.75, 3.05) is 0 Å². The van der Waals surface area contributed by atoms with Crippen LogP contribution in [0.4, 0.5) is 0 Å². The highest BCUT2D eigenvalue weighted by molar-refractivity contribution is 6.32. The minimum atomic E-state index is -0.239. The third-order valence-corrected chi connectivity index (χ3v) is 4.77. The molecule has 0 aliphatic carbocycles. The van der Waals surface area contributed by atoms with E-state index in [9.17, 15) is 4.79 Å². The summed E-state index contributed by atoms with van der Waals surface area (Å²) in [5, 5.41) is 4.12. The fourth-order valence-corrected chi connectivity index (χ4v) is 3.17. The van der Waals surface area contributed by atoms with Crippen LogP contribution < -0.4 is 5.32 Å². The van der Waals surface area contributed by atoms with Crippen LogP contribution in [0.2, 0.25) is 10.0 Å². The highest BCUT2D eigenvalue weighted by Gasteiger charge is 2.14. The molecule has 0 saturated carbocycles. The van der Waals surface area contributed by atoms with Gasteiger partial charge in [0, 0.05) is 15.6 Å². The number of rotatable bonds is 4. The van der Waals surface area contributed by atoms with E-state index in [0.717, 1.165) is 16.6 Å². The molecule has 0 atom stereocenters. The first-order valence-corrected chi connectivity index (χ1v) is 9.34. The number of carbonyl (C=O) groups excluding carboxylic acids is 1. The number of nitrogens with zero attached hydrogens (tertiary/aromatic N) is 1. The molecule has 0 aliphatic heterocycles. The smallest absolute Gasteiger partial charge is 0.255 e. The Hall–Kier alpha value is -3.08. The second kappa shape index (κ2) is 7.89. The molecule has 0 spiro atoms. The van der Waals surface area contributed by atoms with Gasteiger partial charge in [-0.05, 0) is 48.0 Å². The zero-order valence-electron chi connectivity index (χ0n) is 14.6. The maximum absolute atomic E-state index is 12.7. The molecule has 4 aromatic rings. The topological polar surface area (TPSA) is 57.8 Å². The molecule has 4 rings (SSSR count). The lowest BCUT2D eigenvalue weighted by Crippen LogP contribution is -2.22. The predicted molar refractivity (Wildman–Crippen MR) is 114 cm³/mol. The first-order valence-electron chi connectivity index (χ1n) is 8.58. The van der Waals surface area contributed by atoms with Gasteiger partial charge in [0.25, 0.3) is 5.91 Å². The second-order valence-electron chi connectivity index (χ2n) is 6.15. The van der Waals surface area contributed by atoms with Gasteiger partial charge in [0.15, 0.2) is 5.82 Å². The molecule has 4 nitrogen and oxygen atoms in total. The summed E-state index contributed by atoms with van der Waals surface area (Å²) < 4.78 is 0. The quantitative estimate of drug-likeness (QED) is 0.449. The molecule has 2 N–H and O–H groups in total. The van der Waals surface area contributed by atoms with Gasteiger partial charge in [-0.1, -0.05) is 59.6 Å². The molecule has 1 heterocycles. The van der Waals surface area contributed by atoms with Crippen LogP contribution in [0.15, 0.2) is 72.8 Å². The first kappa shape index (κ1) is 18.3. The molecule has 0 fully saturated rings. The number of aromatic amines is 1. The minimum Gasteiger partial charge on any atom is -0.337 e. The van der Waals surface area contributed by atoms with E-state index >= 15 is 0 Å². The van der Waals surface area contributed by atoms with Gasteiger partial charge in [-0.2, -0.15) is 0 Å². The molecule has 0 bridgehead atoms. The van der Waals surface area contributed by atoms with Gasteiger partial charge in [0.1, 0.15) is 0 Å². The van der Waals surface area contributed by atoms with Crippen molar-refractivity contribution in [3.63, 3.8) is 0 Å². The number of halogens is 2. The minimum absolute atomic E-state index is 0.239. The summed E-state index contributed by atoms with van der Waals surface area (Å²) in [5.41, 5.74) is 3.35. The van der Waals surface area contributed by atoms with Crippen LogP contribution >= 0.6 is 23.2 Å². The zero-order chi connectivity index (χ0) is 19.5. The molecular formula is C22H15Cl2N3O. The lowest BCUT2D eigenvalue weighted by Gasteiger charge is -2.09. The van der Waals surface area contributed by atoms with Crippen molar-refractivity contribution >= 4 is 51.9 Å². The SMILES string of the molecule is O=C(N/C(=C/c1ccccc1Cl)c1nc2ccc(Cl)cc2[nH]1)c1ccccc1. The van der Waals surface area contributed by atoms with E-state index < -0.39 is 0 Å². The van der Waals surface area contributed by atoms with Crippen LogP contribution in [0.5, 0.6) is 0 Å². The summed E-state index contributed by atoms with van der Waals surface area (Å²) in [7, 11) is 0. The van der Waals surface area contributed by atoms with Crippen molar-refractivity contribution in [3.8, 4) is 0 Å². The molecule has 1 aromatic heterocycles. The fraction of sp³-hybridized carbons (Fsp3) is 0. The third-order valence-electron chi connectivity index (χ3n) is 4.19. The lowest BCUT2D eigenvalue weighted by molar-refractivity contribution is 0.0973. The first-order chi connectivity index (χ1) is 13.6. The van der Waals surface area contributed by atoms with Gasteiger partial charge in [-0.25, -0.2) is 4.98 Å². The number of nitrogens with one attached hydrogen (secondary N) is 2. The number of aromatic nitrogens is 2. The normalized spacial score (nSPS) is 11.6. The van der Waals surface area contributed by atoms with Crippen LogP contribution in [0.25, 0.3) is 22.8 Å². The Labute approximate surface area is 171 Å². The number of fused-ring (bicyclic) bond motifs is 1. The van der Waals surface area contributed by atoms with Crippen molar-refractivity contribution in [1.82, 2.24) is 15.3 Å². The fourth-order valence-electron chi connectivity index (χ4n) is 2.80. The number of benzene rings is 3. The maximum atomic E-state index is 12.7. The average Bonchev–Trinajstić information content (AvgIpc) is 3.13. The largest absolute Gasteiger partial charge is 0.337 e. The molecule has 6 heteroatoms. The van der Waals surface area contributed by atoms with Gasteiger partial charge in [0.05, 0.1) is 16.7 Å². The van der Waals surface area contributed by atoms with E-state index in [1.54, 1.807) is 36.4 Å². The average molecular weight is 408 g/mol. The Morgan fingerprint density at radius 1 is 0.964 bits per heavy atom. The Bertz CT molecular complexity index is 1180. The van der Waals surface area contributed by atoms with Crippen molar-refractivity contribution in [2.45, 2.75) is 0 Å². The van der Waals surface area contributed by atoms with Crippen LogP contribution in [0, 0.1) is 0 Å². The van der Waals surface area contributed by atoms with Crippen LogP contribution in [-0.2, 0) is 0 Å². The zero-order valence-corrected chi connectivity index (χ0v) is 16.1. The lowest BCUT2D eigenvalue weighted by atomic mass is 10.1. The molecule has 0 unspecified atom stereocenters. The summed E-state index contributed by atoms with van der Waals surface area (Å²) >= 11 is 12.4. The monoisotopic (exact) mass is 407 g/mol. The predicted octanol–water partition coefficient (Wildman–Crippen LogP) is 5.80. The van der Waals surface area contributed by atoms with E-state index in [2.05, 4.69) is 15.3 Å². The molecule has 3 aromatic carbocycles. The molecule has 28 heavy (non-hydrogen) atoms. The number of H-pyrrole nitrogens is 1. The Kier molecular flexibility index (Phi) is 5.15. The standard InChI is InChI=1S/C22H15Cl2N3O/c23-16-10-11-18-19(13-16)26-21(25-18)20(12-15-8-4-5-9-17(15)24)27-22(28)14-6-2-1-3-7-14/h1-13H,(H,25,26)(H,27,28)/b20-12+. The van der Waals surface area contributed by atoms with E-state index in [0.29, 0.717) is 27.1 Å². The van der Waals surface area contributed by atoms with E-state index in [1.165, 1.54) is 0 Å². The second-order valence-corrected chi connectivity index (χ2v) is 6.99. The van der Waals surface area contributed by atoms with Crippen molar-refractivity contribution < 1.29 is 4.79 Å². The summed E-state index contributed by atoms with van der Waals surface area (Å²) in [4.78, 5) is 20.5. The van der Waals surface area contributed by atoms with Crippen molar-refractivity contribution in [1.29, 1.82) is 0 Å². The van der Waals surface area contributed by atoms with Gasteiger partial charge >= 0.3 is 0 Å². The van der Waals surface area contributed by atoms with E-state index in [1.807, 2.05) is 42.5 Å². The summed E-state index contributed by atoms with van der Waals surface area (Å²) in [6, 6.07) is 21.8. The highest BCUT2D eigenvalue weighted by atomic mass is 35.5. The Morgan fingerprint density at radius 2 is 1.71 bits per heavy atom. The molecule has 0 saturated heterocycles. The number of hydrogen-bond acceptors (Lipinski definition) is 2. The van der Waals surface area contributed by atoms with E-state index in [4.69, 9.17) is 23.2 Å². The molecule has 138 valence electrons. The highest BCUT2D eigenvalue weighted by Crippen LogP contribution is 2.24. The number of amides is 1. The summed E-state index contributed by atoms with van der Waals surface area (Å²) in [6.45, 7) is 0. The summed E-state index contributed by atoms with van der Waals surface area (Å²) in [6.07, 6.45) is 1.79. The third kappa shape index (κ3) is 3.93. The molecule has 0 aliphatic rings. The van der Waals surface area contributed by atoms with E-state index in [-0.39, 0.29) is 5.91 Å². The van der Waals surface area contributed by atoms with Gasteiger partial charge in [-0.15, -0.1) is 0 Å². The molecule has 0 radical (unpaired) electrons. The number of imidazole rings is 1. The molecular weight excluding hydrogens is 393 g/mol. The van der Waals surface area contributed by atoms with Crippen molar-refractivity contribution in [3.05, 3.63) is 99.8 Å². The number of carbonyl (C=O) groups is 1. The number of hydrogen-bond donors (Lipinski definition) is 2. The summed E-state index contributed by atoms with van der Waals surface area (Å²) in [5.74, 6) is 0.277.